The van der Waals surface area contributed by atoms with Crippen LogP contribution in [0.4, 0.5) is 0 Å². The van der Waals surface area contributed by atoms with Crippen LogP contribution in [-0.2, 0) is 6.54 Å². The summed E-state index contributed by atoms with van der Waals surface area (Å²) in [7, 11) is 0. The predicted octanol–water partition coefficient (Wildman–Crippen LogP) is 4.13. The molecule has 2 fully saturated rings. The SMILES string of the molecule is C[C@H]1CCCN(C2CCN(Cc3cc4ccccc4o3)CC2)C1. The van der Waals surface area contributed by atoms with Crippen molar-refractivity contribution in [1.82, 2.24) is 9.80 Å². The van der Waals surface area contributed by atoms with Crippen LogP contribution in [0.1, 0.15) is 38.4 Å². The molecule has 0 amide bonds. The molecule has 2 aliphatic rings. The predicted molar refractivity (Wildman–Crippen MR) is 94.5 cm³/mol. The third-order valence-corrected chi connectivity index (χ3v) is 5.62. The molecule has 3 heteroatoms. The van der Waals surface area contributed by atoms with Crippen molar-refractivity contribution in [3.63, 3.8) is 0 Å². The molecule has 2 saturated heterocycles. The molecule has 0 aliphatic carbocycles. The Balaban J connectivity index is 1.32. The monoisotopic (exact) mass is 312 g/mol. The molecule has 0 N–H and O–H groups in total. The van der Waals surface area contributed by atoms with Gasteiger partial charge in [0.05, 0.1) is 6.54 Å². The van der Waals surface area contributed by atoms with Crippen LogP contribution in [0.5, 0.6) is 0 Å². The lowest BCUT2D eigenvalue weighted by Crippen LogP contribution is -2.47. The second-order valence-electron chi connectivity index (χ2n) is 7.50. The highest BCUT2D eigenvalue weighted by molar-refractivity contribution is 5.77. The van der Waals surface area contributed by atoms with E-state index in [-0.39, 0.29) is 0 Å². The molecule has 2 aliphatic heterocycles. The highest BCUT2D eigenvalue weighted by Gasteiger charge is 2.27. The first kappa shape index (κ1) is 15.2. The largest absolute Gasteiger partial charge is 0.460 e. The number of furan rings is 1. The Morgan fingerprint density at radius 1 is 1.09 bits per heavy atom. The third kappa shape index (κ3) is 3.46. The van der Waals surface area contributed by atoms with Crippen molar-refractivity contribution in [2.24, 2.45) is 5.92 Å². The standard InChI is InChI=1S/C20H28N2O/c1-16-5-4-10-22(14-16)18-8-11-21(12-9-18)15-19-13-17-6-2-3-7-20(17)23-19/h2-3,6-7,13,16,18H,4-5,8-12,14-15H2,1H3/t16-/m0/s1. The zero-order valence-electron chi connectivity index (χ0n) is 14.2. The van der Waals surface area contributed by atoms with Crippen molar-refractivity contribution in [3.8, 4) is 0 Å². The Morgan fingerprint density at radius 2 is 1.91 bits per heavy atom. The summed E-state index contributed by atoms with van der Waals surface area (Å²) in [4.78, 5) is 5.31. The van der Waals surface area contributed by atoms with Gasteiger partial charge >= 0.3 is 0 Å². The molecule has 124 valence electrons. The summed E-state index contributed by atoms with van der Waals surface area (Å²) < 4.78 is 5.98. The first-order valence-electron chi connectivity index (χ1n) is 9.22. The summed E-state index contributed by atoms with van der Waals surface area (Å²) in [6.45, 7) is 8.40. The Kier molecular flexibility index (Phi) is 4.41. The van der Waals surface area contributed by atoms with Crippen molar-refractivity contribution in [3.05, 3.63) is 36.1 Å². The van der Waals surface area contributed by atoms with Gasteiger partial charge in [-0.3, -0.25) is 4.90 Å². The first-order chi connectivity index (χ1) is 11.3. The van der Waals surface area contributed by atoms with Gasteiger partial charge in [0, 0.05) is 31.1 Å². The maximum atomic E-state index is 5.98. The van der Waals surface area contributed by atoms with Gasteiger partial charge < -0.3 is 9.32 Å². The lowest BCUT2D eigenvalue weighted by Gasteiger charge is -2.41. The van der Waals surface area contributed by atoms with E-state index < -0.39 is 0 Å². The van der Waals surface area contributed by atoms with E-state index in [0.29, 0.717) is 0 Å². The number of likely N-dealkylation sites (tertiary alicyclic amines) is 2. The van der Waals surface area contributed by atoms with Crippen molar-refractivity contribution in [2.45, 2.75) is 45.2 Å². The molecule has 0 unspecified atom stereocenters. The van der Waals surface area contributed by atoms with Gasteiger partial charge in [-0.15, -0.1) is 0 Å². The van der Waals surface area contributed by atoms with Crippen LogP contribution in [-0.4, -0.2) is 42.0 Å². The zero-order chi connectivity index (χ0) is 15.6. The number of nitrogens with zero attached hydrogens (tertiary/aromatic N) is 2. The van der Waals surface area contributed by atoms with Gasteiger partial charge in [0.15, 0.2) is 0 Å². The molecule has 3 nitrogen and oxygen atoms in total. The second kappa shape index (κ2) is 6.66. The van der Waals surface area contributed by atoms with Crippen LogP contribution in [0.25, 0.3) is 11.0 Å². The number of hydrogen-bond acceptors (Lipinski definition) is 3. The summed E-state index contributed by atoms with van der Waals surface area (Å²) >= 11 is 0. The molecular weight excluding hydrogens is 284 g/mol. The molecule has 1 aromatic heterocycles. The molecular formula is C20H28N2O. The van der Waals surface area contributed by atoms with E-state index in [1.807, 2.05) is 6.07 Å². The number of rotatable bonds is 3. The Morgan fingerprint density at radius 3 is 2.70 bits per heavy atom. The van der Waals surface area contributed by atoms with E-state index >= 15 is 0 Å². The summed E-state index contributed by atoms with van der Waals surface area (Å²) in [5.41, 5.74) is 1.01. The minimum Gasteiger partial charge on any atom is -0.460 e. The summed E-state index contributed by atoms with van der Waals surface area (Å²) in [6, 6.07) is 11.3. The van der Waals surface area contributed by atoms with Crippen molar-refractivity contribution in [1.29, 1.82) is 0 Å². The summed E-state index contributed by atoms with van der Waals surface area (Å²) in [6.07, 6.45) is 5.43. The third-order valence-electron chi connectivity index (χ3n) is 5.62. The second-order valence-corrected chi connectivity index (χ2v) is 7.50. The maximum absolute atomic E-state index is 5.98. The minimum atomic E-state index is 0.810. The Labute approximate surface area is 139 Å². The average molecular weight is 312 g/mol. The molecule has 1 aromatic carbocycles. The van der Waals surface area contributed by atoms with Crippen molar-refractivity contribution < 1.29 is 4.42 Å². The highest BCUT2D eigenvalue weighted by atomic mass is 16.3. The van der Waals surface area contributed by atoms with E-state index in [0.717, 1.165) is 29.8 Å². The van der Waals surface area contributed by atoms with Gasteiger partial charge in [-0.1, -0.05) is 25.1 Å². The normalized spacial score (nSPS) is 25.2. The fourth-order valence-corrected chi connectivity index (χ4v) is 4.34. The molecule has 0 bridgehead atoms. The Bertz CT molecular complexity index is 609. The van der Waals surface area contributed by atoms with Crippen LogP contribution in [0, 0.1) is 5.92 Å². The quantitative estimate of drug-likeness (QED) is 0.849. The van der Waals surface area contributed by atoms with Gasteiger partial charge in [0.2, 0.25) is 0 Å². The van der Waals surface area contributed by atoms with E-state index in [4.69, 9.17) is 4.42 Å². The zero-order valence-corrected chi connectivity index (χ0v) is 14.2. The van der Waals surface area contributed by atoms with E-state index in [1.165, 1.54) is 57.2 Å². The number of piperidine rings is 2. The van der Waals surface area contributed by atoms with Crippen molar-refractivity contribution >= 4 is 11.0 Å². The smallest absolute Gasteiger partial charge is 0.134 e. The van der Waals surface area contributed by atoms with Gasteiger partial charge in [-0.05, 0) is 50.3 Å². The van der Waals surface area contributed by atoms with Gasteiger partial charge in [-0.25, -0.2) is 0 Å². The highest BCUT2D eigenvalue weighted by Crippen LogP contribution is 2.25. The minimum absolute atomic E-state index is 0.810. The van der Waals surface area contributed by atoms with Crippen LogP contribution in [0.15, 0.2) is 34.7 Å². The number of para-hydroxylation sites is 1. The molecule has 23 heavy (non-hydrogen) atoms. The molecule has 0 spiro atoms. The van der Waals surface area contributed by atoms with Crippen LogP contribution in [0.2, 0.25) is 0 Å². The Hall–Kier alpha value is -1.32. The van der Waals surface area contributed by atoms with Crippen LogP contribution >= 0.6 is 0 Å². The lowest BCUT2D eigenvalue weighted by molar-refractivity contribution is 0.0708. The summed E-state index contributed by atoms with van der Waals surface area (Å²) in [5.74, 6) is 1.99. The molecule has 0 radical (unpaired) electrons. The fraction of sp³-hybridized carbons (Fsp3) is 0.600. The average Bonchev–Trinajstić information content (AvgIpc) is 2.98. The molecule has 1 atom stereocenters. The number of hydrogen-bond donors (Lipinski definition) is 0. The van der Waals surface area contributed by atoms with Gasteiger partial charge in [0.1, 0.15) is 11.3 Å². The number of fused-ring (bicyclic) bond motifs is 1. The van der Waals surface area contributed by atoms with Crippen molar-refractivity contribution in [2.75, 3.05) is 26.2 Å². The van der Waals surface area contributed by atoms with Crippen LogP contribution < -0.4 is 0 Å². The maximum Gasteiger partial charge on any atom is 0.134 e. The van der Waals surface area contributed by atoms with Gasteiger partial charge in [0.25, 0.3) is 0 Å². The van der Waals surface area contributed by atoms with E-state index in [9.17, 15) is 0 Å². The molecule has 2 aromatic rings. The fourth-order valence-electron chi connectivity index (χ4n) is 4.34. The molecule has 3 heterocycles. The van der Waals surface area contributed by atoms with Crippen LogP contribution in [0.3, 0.4) is 0 Å². The van der Waals surface area contributed by atoms with E-state index in [2.05, 4.69) is 41.0 Å². The topological polar surface area (TPSA) is 19.6 Å². The van der Waals surface area contributed by atoms with E-state index in [1.54, 1.807) is 0 Å². The molecule has 0 saturated carbocycles. The summed E-state index contributed by atoms with van der Waals surface area (Å²) in [5, 5.41) is 1.22. The van der Waals surface area contributed by atoms with Gasteiger partial charge in [-0.2, -0.15) is 0 Å². The number of benzene rings is 1. The first-order valence-corrected chi connectivity index (χ1v) is 9.22. The molecule has 4 rings (SSSR count). The lowest BCUT2D eigenvalue weighted by atomic mass is 9.95.